The fourth-order valence-corrected chi connectivity index (χ4v) is 2.47. The van der Waals surface area contributed by atoms with Gasteiger partial charge in [-0.15, -0.1) is 0 Å². The topological polar surface area (TPSA) is 83.5 Å². The third-order valence-electron chi connectivity index (χ3n) is 2.10. The maximum Gasteiger partial charge on any atom is 0.303 e. The summed E-state index contributed by atoms with van der Waals surface area (Å²) in [5.41, 5.74) is 0. The molecule has 0 unspecified atom stereocenters. The average molecular weight is 251 g/mol. The van der Waals surface area contributed by atoms with Gasteiger partial charge in [0.1, 0.15) is 0 Å². The average Bonchev–Trinajstić information content (AvgIpc) is 2.14. The highest BCUT2D eigenvalue weighted by Crippen LogP contribution is 2.02. The van der Waals surface area contributed by atoms with E-state index in [9.17, 15) is 13.2 Å². The summed E-state index contributed by atoms with van der Waals surface area (Å²) < 4.78 is 25.3. The van der Waals surface area contributed by atoms with Crippen molar-refractivity contribution in [3.05, 3.63) is 0 Å². The molecule has 0 bridgehead atoms. The van der Waals surface area contributed by atoms with E-state index in [-0.39, 0.29) is 12.2 Å². The molecule has 0 atom stereocenters. The van der Waals surface area contributed by atoms with Gasteiger partial charge in [-0.1, -0.05) is 13.8 Å². The van der Waals surface area contributed by atoms with E-state index in [1.54, 1.807) is 0 Å². The van der Waals surface area contributed by atoms with Crippen molar-refractivity contribution < 1.29 is 18.3 Å². The van der Waals surface area contributed by atoms with Gasteiger partial charge in [-0.2, -0.15) is 0 Å². The first-order chi connectivity index (χ1) is 7.33. The van der Waals surface area contributed by atoms with Gasteiger partial charge in [-0.05, 0) is 25.2 Å². The molecular formula is C10H21NO4S. The summed E-state index contributed by atoms with van der Waals surface area (Å²) in [6.07, 6.45) is 1.80. The number of carbonyl (C=O) groups is 1. The lowest BCUT2D eigenvalue weighted by molar-refractivity contribution is -0.137. The van der Waals surface area contributed by atoms with Crippen molar-refractivity contribution in [3.63, 3.8) is 0 Å². The summed E-state index contributed by atoms with van der Waals surface area (Å²) in [4.78, 5) is 10.2. The fourth-order valence-electron chi connectivity index (χ4n) is 1.09. The molecule has 2 N–H and O–H groups in total. The highest BCUT2D eigenvalue weighted by molar-refractivity contribution is 7.89. The lowest BCUT2D eigenvalue weighted by Crippen LogP contribution is -2.28. The van der Waals surface area contributed by atoms with Gasteiger partial charge < -0.3 is 5.11 Å². The van der Waals surface area contributed by atoms with Crippen molar-refractivity contribution in [2.75, 3.05) is 12.3 Å². The Kier molecular flexibility index (Phi) is 7.33. The zero-order chi connectivity index (χ0) is 12.6. The Balaban J connectivity index is 3.62. The first-order valence-electron chi connectivity index (χ1n) is 5.52. The van der Waals surface area contributed by atoms with Crippen LogP contribution in [0, 0.1) is 5.92 Å². The summed E-state index contributed by atoms with van der Waals surface area (Å²) >= 11 is 0. The molecule has 0 rings (SSSR count). The maximum atomic E-state index is 11.4. The van der Waals surface area contributed by atoms with E-state index in [2.05, 4.69) is 4.72 Å². The van der Waals surface area contributed by atoms with Crippen LogP contribution in [0.1, 0.15) is 39.5 Å². The van der Waals surface area contributed by atoms with Gasteiger partial charge in [-0.3, -0.25) is 4.79 Å². The molecule has 0 aromatic heterocycles. The number of aliphatic carboxylic acids is 1. The van der Waals surface area contributed by atoms with E-state index in [0.717, 1.165) is 0 Å². The second-order valence-corrected chi connectivity index (χ2v) is 6.17. The van der Waals surface area contributed by atoms with Crippen molar-refractivity contribution in [2.24, 2.45) is 5.92 Å². The number of hydrogen-bond donors (Lipinski definition) is 2. The quantitative estimate of drug-likeness (QED) is 0.603. The number of unbranched alkanes of at least 4 members (excludes halogenated alkanes) is 1. The Bertz CT molecular complexity index is 298. The van der Waals surface area contributed by atoms with Crippen LogP contribution in [0.4, 0.5) is 0 Å². The molecule has 5 nitrogen and oxygen atoms in total. The second-order valence-electron chi connectivity index (χ2n) is 4.25. The molecule has 0 amide bonds. The van der Waals surface area contributed by atoms with Crippen molar-refractivity contribution in [2.45, 2.75) is 39.5 Å². The van der Waals surface area contributed by atoms with Gasteiger partial charge in [0.05, 0.1) is 5.75 Å². The molecular weight excluding hydrogens is 230 g/mol. The van der Waals surface area contributed by atoms with Crippen LogP contribution in [0.15, 0.2) is 0 Å². The van der Waals surface area contributed by atoms with E-state index in [4.69, 9.17) is 5.11 Å². The lowest BCUT2D eigenvalue weighted by Gasteiger charge is -2.07. The third-order valence-corrected chi connectivity index (χ3v) is 3.52. The Morgan fingerprint density at radius 1 is 1.31 bits per heavy atom. The molecule has 0 saturated carbocycles. The van der Waals surface area contributed by atoms with E-state index < -0.39 is 16.0 Å². The second kappa shape index (κ2) is 7.62. The molecule has 0 aliphatic carbocycles. The van der Waals surface area contributed by atoms with E-state index in [0.29, 0.717) is 31.7 Å². The number of hydrogen-bond acceptors (Lipinski definition) is 3. The summed E-state index contributed by atoms with van der Waals surface area (Å²) in [5.74, 6) is -0.338. The first-order valence-corrected chi connectivity index (χ1v) is 7.18. The molecule has 96 valence electrons. The van der Waals surface area contributed by atoms with E-state index >= 15 is 0 Å². The number of carboxylic acid groups (broad SMARTS) is 1. The monoisotopic (exact) mass is 251 g/mol. The summed E-state index contributed by atoms with van der Waals surface area (Å²) in [7, 11) is -3.17. The van der Waals surface area contributed by atoms with Crippen LogP contribution in [0.2, 0.25) is 0 Å². The van der Waals surface area contributed by atoms with Gasteiger partial charge >= 0.3 is 5.97 Å². The Hall–Kier alpha value is -0.620. The van der Waals surface area contributed by atoms with Crippen LogP contribution in [-0.4, -0.2) is 31.8 Å². The zero-order valence-electron chi connectivity index (χ0n) is 9.90. The molecule has 16 heavy (non-hydrogen) atoms. The predicted octanol–water partition coefficient (Wildman–Crippen LogP) is 1.21. The standard InChI is InChI=1S/C10H21NO4S/c1-9(2)6-8-16(14,15)11-7-4-3-5-10(12)13/h9,11H,3-8H2,1-2H3,(H,12,13). The molecule has 0 spiro atoms. The molecule has 0 aliphatic heterocycles. The van der Waals surface area contributed by atoms with Gasteiger partial charge in [0.25, 0.3) is 0 Å². The highest BCUT2D eigenvalue weighted by atomic mass is 32.2. The molecule has 0 fully saturated rings. The number of sulfonamides is 1. The number of rotatable bonds is 9. The zero-order valence-corrected chi connectivity index (χ0v) is 10.7. The smallest absolute Gasteiger partial charge is 0.303 e. The highest BCUT2D eigenvalue weighted by Gasteiger charge is 2.10. The minimum absolute atomic E-state index is 0.0910. The van der Waals surface area contributed by atoms with Crippen molar-refractivity contribution in [3.8, 4) is 0 Å². The minimum atomic E-state index is -3.17. The summed E-state index contributed by atoms with van der Waals surface area (Å²) in [5, 5.41) is 8.38. The molecule has 0 saturated heterocycles. The maximum absolute atomic E-state index is 11.4. The fraction of sp³-hybridized carbons (Fsp3) is 0.900. The van der Waals surface area contributed by atoms with E-state index in [1.807, 2.05) is 13.8 Å². The first kappa shape index (κ1) is 15.4. The predicted molar refractivity (Wildman–Crippen MR) is 62.7 cm³/mol. The Morgan fingerprint density at radius 2 is 1.94 bits per heavy atom. The molecule has 0 aromatic carbocycles. The van der Waals surface area contributed by atoms with Crippen LogP contribution < -0.4 is 4.72 Å². The van der Waals surface area contributed by atoms with E-state index in [1.165, 1.54) is 0 Å². The Morgan fingerprint density at radius 3 is 2.44 bits per heavy atom. The molecule has 0 aliphatic rings. The summed E-state index contributed by atoms with van der Waals surface area (Å²) in [6, 6.07) is 0. The van der Waals surface area contributed by atoms with Crippen LogP contribution in [0.25, 0.3) is 0 Å². The molecule has 0 heterocycles. The number of carboxylic acids is 1. The molecule has 0 aromatic rings. The van der Waals surface area contributed by atoms with Crippen molar-refractivity contribution in [1.29, 1.82) is 0 Å². The third kappa shape index (κ3) is 9.92. The van der Waals surface area contributed by atoms with Crippen LogP contribution in [0.3, 0.4) is 0 Å². The minimum Gasteiger partial charge on any atom is -0.481 e. The Labute approximate surface area is 97.3 Å². The molecule has 0 radical (unpaired) electrons. The number of nitrogens with one attached hydrogen (secondary N) is 1. The van der Waals surface area contributed by atoms with Gasteiger partial charge in [0.15, 0.2) is 0 Å². The lowest BCUT2D eigenvalue weighted by atomic mass is 10.2. The van der Waals surface area contributed by atoms with Gasteiger partial charge in [0.2, 0.25) is 10.0 Å². The van der Waals surface area contributed by atoms with Crippen LogP contribution in [0.5, 0.6) is 0 Å². The van der Waals surface area contributed by atoms with Crippen LogP contribution >= 0.6 is 0 Å². The summed E-state index contributed by atoms with van der Waals surface area (Å²) in [6.45, 7) is 4.28. The largest absolute Gasteiger partial charge is 0.481 e. The van der Waals surface area contributed by atoms with Crippen molar-refractivity contribution in [1.82, 2.24) is 4.72 Å². The SMILES string of the molecule is CC(C)CCS(=O)(=O)NCCCCC(=O)O. The van der Waals surface area contributed by atoms with Crippen LogP contribution in [-0.2, 0) is 14.8 Å². The normalized spacial score (nSPS) is 11.9. The van der Waals surface area contributed by atoms with Crippen molar-refractivity contribution >= 4 is 16.0 Å². The van der Waals surface area contributed by atoms with Gasteiger partial charge in [-0.25, -0.2) is 13.1 Å². The molecule has 6 heteroatoms. The van der Waals surface area contributed by atoms with Gasteiger partial charge in [0, 0.05) is 13.0 Å².